The molecule has 0 bridgehead atoms. The SMILES string of the molecule is COc1ccc(-c2nc3cc(C#N)ccc3n2C)cc1F. The van der Waals surface area contributed by atoms with E-state index in [1.165, 1.54) is 13.2 Å². The highest BCUT2D eigenvalue weighted by Gasteiger charge is 2.12. The largest absolute Gasteiger partial charge is 0.494 e. The van der Waals surface area contributed by atoms with E-state index in [0.29, 0.717) is 22.5 Å². The third kappa shape index (κ3) is 2.11. The fourth-order valence-electron chi connectivity index (χ4n) is 2.33. The molecular weight excluding hydrogens is 269 g/mol. The number of nitrogens with zero attached hydrogens (tertiary/aromatic N) is 3. The lowest BCUT2D eigenvalue weighted by atomic mass is 10.2. The van der Waals surface area contributed by atoms with E-state index >= 15 is 0 Å². The lowest BCUT2D eigenvalue weighted by molar-refractivity contribution is 0.386. The van der Waals surface area contributed by atoms with E-state index in [2.05, 4.69) is 11.1 Å². The first-order valence-electron chi connectivity index (χ1n) is 6.34. The molecule has 0 aliphatic carbocycles. The van der Waals surface area contributed by atoms with E-state index < -0.39 is 5.82 Å². The van der Waals surface area contributed by atoms with Crippen LogP contribution in [0.5, 0.6) is 5.75 Å². The number of hydrogen-bond donors (Lipinski definition) is 0. The Hall–Kier alpha value is -2.87. The average molecular weight is 281 g/mol. The Balaban J connectivity index is 2.18. The summed E-state index contributed by atoms with van der Waals surface area (Å²) in [6, 6.07) is 12.1. The Morgan fingerprint density at radius 1 is 1.24 bits per heavy atom. The highest BCUT2D eigenvalue weighted by Crippen LogP contribution is 2.27. The second-order valence-electron chi connectivity index (χ2n) is 4.66. The molecule has 0 atom stereocenters. The fraction of sp³-hybridized carbons (Fsp3) is 0.125. The van der Waals surface area contributed by atoms with Gasteiger partial charge in [0.15, 0.2) is 11.6 Å². The van der Waals surface area contributed by atoms with Crippen LogP contribution in [0.1, 0.15) is 5.56 Å². The van der Waals surface area contributed by atoms with Gasteiger partial charge in [0.25, 0.3) is 0 Å². The van der Waals surface area contributed by atoms with E-state index in [1.807, 2.05) is 17.7 Å². The van der Waals surface area contributed by atoms with Crippen LogP contribution in [0.2, 0.25) is 0 Å². The first-order valence-corrected chi connectivity index (χ1v) is 6.34. The van der Waals surface area contributed by atoms with Gasteiger partial charge in [0, 0.05) is 12.6 Å². The molecule has 0 saturated heterocycles. The van der Waals surface area contributed by atoms with Crippen LogP contribution in [0.3, 0.4) is 0 Å². The van der Waals surface area contributed by atoms with Gasteiger partial charge in [-0.25, -0.2) is 9.37 Å². The van der Waals surface area contributed by atoms with E-state index in [-0.39, 0.29) is 5.75 Å². The minimum atomic E-state index is -0.431. The number of halogens is 1. The molecule has 0 N–H and O–H groups in total. The van der Waals surface area contributed by atoms with Gasteiger partial charge in [0.2, 0.25) is 0 Å². The average Bonchev–Trinajstić information content (AvgIpc) is 2.83. The standard InChI is InChI=1S/C16H12FN3O/c1-20-14-5-3-10(9-18)7-13(14)19-16(20)11-4-6-15(21-2)12(17)8-11/h3-8H,1-2H3. The van der Waals surface area contributed by atoms with Gasteiger partial charge in [-0.2, -0.15) is 5.26 Å². The van der Waals surface area contributed by atoms with Crippen molar-refractivity contribution in [2.75, 3.05) is 7.11 Å². The predicted molar refractivity (Wildman–Crippen MR) is 77.4 cm³/mol. The van der Waals surface area contributed by atoms with Gasteiger partial charge in [-0.3, -0.25) is 0 Å². The molecule has 0 aliphatic heterocycles. The van der Waals surface area contributed by atoms with Crippen LogP contribution in [0.15, 0.2) is 36.4 Å². The molecule has 0 saturated carbocycles. The Morgan fingerprint density at radius 3 is 2.71 bits per heavy atom. The zero-order chi connectivity index (χ0) is 15.0. The first kappa shape index (κ1) is 13.1. The molecule has 0 unspecified atom stereocenters. The summed E-state index contributed by atoms with van der Waals surface area (Å²) in [4.78, 5) is 4.49. The minimum Gasteiger partial charge on any atom is -0.494 e. The monoisotopic (exact) mass is 281 g/mol. The number of benzene rings is 2. The van der Waals surface area contributed by atoms with E-state index in [0.717, 1.165) is 5.52 Å². The molecule has 0 amide bonds. The van der Waals surface area contributed by atoms with Crippen molar-refractivity contribution in [3.63, 3.8) is 0 Å². The highest BCUT2D eigenvalue weighted by molar-refractivity contribution is 5.81. The number of ether oxygens (including phenoxy) is 1. The van der Waals surface area contributed by atoms with Crippen LogP contribution in [0.4, 0.5) is 4.39 Å². The molecule has 0 aliphatic rings. The summed E-state index contributed by atoms with van der Waals surface area (Å²) in [7, 11) is 3.29. The van der Waals surface area contributed by atoms with Crippen LogP contribution >= 0.6 is 0 Å². The Morgan fingerprint density at radius 2 is 2.05 bits per heavy atom. The second kappa shape index (κ2) is 4.91. The third-order valence-corrected chi connectivity index (χ3v) is 3.42. The number of methoxy groups -OCH3 is 1. The maximum atomic E-state index is 13.8. The third-order valence-electron chi connectivity index (χ3n) is 3.42. The zero-order valence-corrected chi connectivity index (χ0v) is 11.6. The summed E-state index contributed by atoms with van der Waals surface area (Å²) in [5, 5.41) is 8.94. The highest BCUT2D eigenvalue weighted by atomic mass is 19.1. The number of aryl methyl sites for hydroxylation is 1. The molecule has 0 fully saturated rings. The quantitative estimate of drug-likeness (QED) is 0.724. The molecule has 1 aromatic heterocycles. The molecule has 0 spiro atoms. The van der Waals surface area contributed by atoms with Gasteiger partial charge in [0.05, 0.1) is 29.8 Å². The number of nitriles is 1. The van der Waals surface area contributed by atoms with Crippen molar-refractivity contribution in [2.24, 2.45) is 7.05 Å². The van der Waals surface area contributed by atoms with Crippen molar-refractivity contribution in [3.8, 4) is 23.2 Å². The lowest BCUT2D eigenvalue weighted by Crippen LogP contribution is -1.94. The number of imidazole rings is 1. The first-order chi connectivity index (χ1) is 10.1. The summed E-state index contributed by atoms with van der Waals surface area (Å²) in [6.45, 7) is 0. The number of fused-ring (bicyclic) bond motifs is 1. The summed E-state index contributed by atoms with van der Waals surface area (Å²) in [6.07, 6.45) is 0. The molecule has 5 heteroatoms. The van der Waals surface area contributed by atoms with Crippen molar-refractivity contribution in [3.05, 3.63) is 47.8 Å². The molecule has 4 nitrogen and oxygen atoms in total. The van der Waals surface area contributed by atoms with Crippen LogP contribution in [-0.4, -0.2) is 16.7 Å². The smallest absolute Gasteiger partial charge is 0.165 e. The predicted octanol–water partition coefficient (Wildman–Crippen LogP) is 3.26. The molecule has 3 rings (SSSR count). The van der Waals surface area contributed by atoms with E-state index in [4.69, 9.17) is 10.00 Å². The Labute approximate surface area is 121 Å². The molecular formula is C16H12FN3O. The second-order valence-corrected chi connectivity index (χ2v) is 4.66. The summed E-state index contributed by atoms with van der Waals surface area (Å²) >= 11 is 0. The normalized spacial score (nSPS) is 10.6. The van der Waals surface area contributed by atoms with Gasteiger partial charge in [-0.05, 0) is 36.4 Å². The zero-order valence-electron chi connectivity index (χ0n) is 11.6. The minimum absolute atomic E-state index is 0.198. The van der Waals surface area contributed by atoms with E-state index in [9.17, 15) is 4.39 Å². The number of rotatable bonds is 2. The van der Waals surface area contributed by atoms with Crippen molar-refractivity contribution >= 4 is 11.0 Å². The van der Waals surface area contributed by atoms with Gasteiger partial charge in [0.1, 0.15) is 5.82 Å². The number of hydrogen-bond acceptors (Lipinski definition) is 3. The molecule has 1 heterocycles. The van der Waals surface area contributed by atoms with Crippen LogP contribution in [0, 0.1) is 17.1 Å². The van der Waals surface area contributed by atoms with Crippen LogP contribution in [-0.2, 0) is 7.05 Å². The van der Waals surface area contributed by atoms with Gasteiger partial charge in [-0.15, -0.1) is 0 Å². The maximum absolute atomic E-state index is 13.8. The maximum Gasteiger partial charge on any atom is 0.165 e. The van der Waals surface area contributed by atoms with Crippen molar-refractivity contribution in [1.82, 2.24) is 9.55 Å². The summed E-state index contributed by atoms with van der Waals surface area (Å²) in [5.74, 6) is 0.408. The molecule has 2 aromatic carbocycles. The van der Waals surface area contributed by atoms with Crippen molar-refractivity contribution < 1.29 is 9.13 Å². The van der Waals surface area contributed by atoms with E-state index in [1.54, 1.807) is 24.3 Å². The fourth-order valence-corrected chi connectivity index (χ4v) is 2.33. The number of aromatic nitrogens is 2. The summed E-state index contributed by atoms with van der Waals surface area (Å²) < 4.78 is 20.6. The van der Waals surface area contributed by atoms with Gasteiger partial charge in [-0.1, -0.05) is 0 Å². The van der Waals surface area contributed by atoms with Crippen LogP contribution < -0.4 is 4.74 Å². The summed E-state index contributed by atoms with van der Waals surface area (Å²) in [5.41, 5.74) is 2.81. The van der Waals surface area contributed by atoms with Gasteiger partial charge >= 0.3 is 0 Å². The van der Waals surface area contributed by atoms with Gasteiger partial charge < -0.3 is 9.30 Å². The van der Waals surface area contributed by atoms with Crippen LogP contribution in [0.25, 0.3) is 22.4 Å². The lowest BCUT2D eigenvalue weighted by Gasteiger charge is -2.05. The molecule has 0 radical (unpaired) electrons. The van der Waals surface area contributed by atoms with Crippen molar-refractivity contribution in [1.29, 1.82) is 5.26 Å². The molecule has 104 valence electrons. The topological polar surface area (TPSA) is 50.8 Å². The Kier molecular flexibility index (Phi) is 3.07. The molecule has 3 aromatic rings. The van der Waals surface area contributed by atoms with Crippen molar-refractivity contribution in [2.45, 2.75) is 0 Å². The molecule has 21 heavy (non-hydrogen) atoms. The Bertz CT molecular complexity index is 877.